The van der Waals surface area contributed by atoms with Crippen LogP contribution in [0.4, 0.5) is 0 Å². The average Bonchev–Trinajstić information content (AvgIpc) is 2.81. The minimum atomic E-state index is -0.689. The lowest BCUT2D eigenvalue weighted by Gasteiger charge is -2.29. The summed E-state index contributed by atoms with van der Waals surface area (Å²) >= 11 is 0. The zero-order chi connectivity index (χ0) is 14.5. The number of amides is 2. The highest BCUT2D eigenvalue weighted by molar-refractivity contribution is 5.94. The minimum Gasteiger partial charge on any atom is -0.472 e. The van der Waals surface area contributed by atoms with E-state index in [0.717, 1.165) is 0 Å². The Kier molecular flexibility index (Phi) is 5.11. The highest BCUT2D eigenvalue weighted by Crippen LogP contribution is 2.08. The summed E-state index contributed by atoms with van der Waals surface area (Å²) in [4.78, 5) is 23.2. The van der Waals surface area contributed by atoms with Crippen molar-refractivity contribution in [2.24, 2.45) is 0 Å². The van der Waals surface area contributed by atoms with Crippen molar-refractivity contribution < 1.29 is 19.1 Å². The smallest absolute Gasteiger partial charge is 0.254 e. The van der Waals surface area contributed by atoms with E-state index in [1.807, 2.05) is 0 Å². The lowest BCUT2D eigenvalue weighted by atomic mass is 9.98. The van der Waals surface area contributed by atoms with Crippen molar-refractivity contribution in [1.82, 2.24) is 10.6 Å². The van der Waals surface area contributed by atoms with Gasteiger partial charge in [0.15, 0.2) is 0 Å². The molecular formula is C13H20N2O4. The fraction of sp³-hybridized carbons (Fsp3) is 0.538. The molecular weight excluding hydrogens is 248 g/mol. The maximum Gasteiger partial charge on any atom is 0.254 e. The molecule has 2 amide bonds. The Balaban J connectivity index is 2.30. The quantitative estimate of drug-likeness (QED) is 0.707. The van der Waals surface area contributed by atoms with Crippen LogP contribution in [0.15, 0.2) is 23.0 Å². The molecule has 0 aromatic carbocycles. The summed E-state index contributed by atoms with van der Waals surface area (Å²) in [6.07, 6.45) is 2.25. The zero-order valence-corrected chi connectivity index (χ0v) is 11.4. The van der Waals surface area contributed by atoms with Crippen molar-refractivity contribution in [3.8, 4) is 0 Å². The van der Waals surface area contributed by atoms with Crippen LogP contribution in [0.25, 0.3) is 0 Å². The predicted octanol–water partition coefficient (Wildman–Crippen LogP) is 0.675. The van der Waals surface area contributed by atoms with Gasteiger partial charge in [-0.3, -0.25) is 9.59 Å². The first-order chi connectivity index (χ1) is 8.83. The maximum atomic E-state index is 11.6. The number of nitrogens with one attached hydrogen (secondary N) is 2. The summed E-state index contributed by atoms with van der Waals surface area (Å²) in [7, 11) is 0. The second-order valence-electron chi connectivity index (χ2n) is 4.96. The predicted molar refractivity (Wildman–Crippen MR) is 69.6 cm³/mol. The third-order valence-electron chi connectivity index (χ3n) is 2.93. The monoisotopic (exact) mass is 268 g/mol. The molecule has 1 aromatic heterocycles. The highest BCUT2D eigenvalue weighted by atomic mass is 16.3. The first-order valence-electron chi connectivity index (χ1n) is 6.12. The standard InChI is InChI=1S/C13H20N2O4/c1-9(16)13(2,3)15-11(17)4-6-14-12(18)10-5-7-19-8-10/h5,7-9,16H,4,6H2,1-3H3,(H,14,18)(H,15,17). The van der Waals surface area contributed by atoms with E-state index in [0.29, 0.717) is 5.56 Å². The van der Waals surface area contributed by atoms with Crippen LogP contribution in [0.1, 0.15) is 37.6 Å². The van der Waals surface area contributed by atoms with Crippen molar-refractivity contribution in [3.63, 3.8) is 0 Å². The first kappa shape index (κ1) is 15.2. The van der Waals surface area contributed by atoms with Crippen LogP contribution < -0.4 is 10.6 Å². The van der Waals surface area contributed by atoms with Gasteiger partial charge in [-0.2, -0.15) is 0 Å². The molecule has 0 bridgehead atoms. The van der Waals surface area contributed by atoms with Crippen molar-refractivity contribution in [3.05, 3.63) is 24.2 Å². The van der Waals surface area contributed by atoms with Gasteiger partial charge in [0, 0.05) is 13.0 Å². The van der Waals surface area contributed by atoms with E-state index in [-0.39, 0.29) is 24.8 Å². The number of furan rings is 1. The molecule has 3 N–H and O–H groups in total. The average molecular weight is 268 g/mol. The lowest BCUT2D eigenvalue weighted by molar-refractivity contribution is -0.123. The Labute approximate surface area is 112 Å². The number of aliphatic hydroxyl groups excluding tert-OH is 1. The molecule has 1 rings (SSSR count). The second kappa shape index (κ2) is 6.38. The van der Waals surface area contributed by atoms with Gasteiger partial charge in [-0.15, -0.1) is 0 Å². The molecule has 1 atom stereocenters. The third-order valence-corrected chi connectivity index (χ3v) is 2.93. The van der Waals surface area contributed by atoms with Gasteiger partial charge in [0.05, 0.1) is 23.5 Å². The van der Waals surface area contributed by atoms with Gasteiger partial charge in [0.25, 0.3) is 5.91 Å². The van der Waals surface area contributed by atoms with Gasteiger partial charge in [0.2, 0.25) is 5.91 Å². The van der Waals surface area contributed by atoms with Crippen LogP contribution in [0, 0.1) is 0 Å². The van der Waals surface area contributed by atoms with E-state index in [9.17, 15) is 14.7 Å². The Morgan fingerprint density at radius 2 is 2.16 bits per heavy atom. The molecule has 1 heterocycles. The topological polar surface area (TPSA) is 91.6 Å². The van der Waals surface area contributed by atoms with E-state index in [1.54, 1.807) is 26.8 Å². The maximum absolute atomic E-state index is 11.6. The number of rotatable bonds is 6. The van der Waals surface area contributed by atoms with Crippen molar-refractivity contribution in [1.29, 1.82) is 0 Å². The number of carbonyl (C=O) groups excluding carboxylic acids is 2. The SMILES string of the molecule is CC(O)C(C)(C)NC(=O)CCNC(=O)c1ccoc1. The fourth-order valence-corrected chi connectivity index (χ4v) is 1.31. The molecule has 0 fully saturated rings. The molecule has 106 valence electrons. The van der Waals surface area contributed by atoms with E-state index in [1.165, 1.54) is 12.5 Å². The number of aliphatic hydroxyl groups is 1. The van der Waals surface area contributed by atoms with Gasteiger partial charge in [-0.1, -0.05) is 0 Å². The van der Waals surface area contributed by atoms with Crippen LogP contribution in [0.2, 0.25) is 0 Å². The van der Waals surface area contributed by atoms with Gasteiger partial charge in [0.1, 0.15) is 6.26 Å². The normalized spacial score (nSPS) is 12.8. The Bertz CT molecular complexity index is 424. The molecule has 6 nitrogen and oxygen atoms in total. The van der Waals surface area contributed by atoms with Crippen LogP contribution in [0.5, 0.6) is 0 Å². The largest absolute Gasteiger partial charge is 0.472 e. The molecule has 0 saturated heterocycles. The minimum absolute atomic E-state index is 0.153. The number of hydrogen-bond acceptors (Lipinski definition) is 4. The van der Waals surface area contributed by atoms with Crippen LogP contribution in [0.3, 0.4) is 0 Å². The Morgan fingerprint density at radius 3 is 2.68 bits per heavy atom. The third kappa shape index (κ3) is 4.75. The van der Waals surface area contributed by atoms with Gasteiger partial charge < -0.3 is 20.2 Å². The Morgan fingerprint density at radius 1 is 1.47 bits per heavy atom. The van der Waals surface area contributed by atoms with E-state index in [2.05, 4.69) is 10.6 Å². The van der Waals surface area contributed by atoms with E-state index >= 15 is 0 Å². The van der Waals surface area contributed by atoms with Crippen LogP contribution >= 0.6 is 0 Å². The first-order valence-corrected chi connectivity index (χ1v) is 6.12. The zero-order valence-electron chi connectivity index (χ0n) is 11.4. The summed E-state index contributed by atoms with van der Waals surface area (Å²) in [6.45, 7) is 5.31. The van der Waals surface area contributed by atoms with Crippen molar-refractivity contribution in [2.45, 2.75) is 38.8 Å². The molecule has 0 aliphatic heterocycles. The molecule has 0 radical (unpaired) electrons. The van der Waals surface area contributed by atoms with Crippen molar-refractivity contribution in [2.75, 3.05) is 6.54 Å². The molecule has 6 heteroatoms. The molecule has 0 saturated carbocycles. The van der Waals surface area contributed by atoms with Gasteiger partial charge in [-0.05, 0) is 26.8 Å². The van der Waals surface area contributed by atoms with Gasteiger partial charge in [-0.25, -0.2) is 0 Å². The summed E-state index contributed by atoms with van der Waals surface area (Å²) in [6, 6.07) is 1.55. The lowest BCUT2D eigenvalue weighted by Crippen LogP contribution is -2.51. The number of hydrogen-bond donors (Lipinski definition) is 3. The molecule has 0 aliphatic carbocycles. The molecule has 19 heavy (non-hydrogen) atoms. The second-order valence-corrected chi connectivity index (χ2v) is 4.96. The summed E-state index contributed by atoms with van der Waals surface area (Å²) < 4.78 is 4.79. The van der Waals surface area contributed by atoms with Crippen LogP contribution in [-0.4, -0.2) is 35.1 Å². The number of carbonyl (C=O) groups is 2. The molecule has 1 aromatic rings. The fourth-order valence-electron chi connectivity index (χ4n) is 1.31. The summed E-state index contributed by atoms with van der Waals surface area (Å²) in [5.74, 6) is -0.505. The Hall–Kier alpha value is -1.82. The summed E-state index contributed by atoms with van der Waals surface area (Å²) in [5, 5.41) is 14.8. The van der Waals surface area contributed by atoms with E-state index < -0.39 is 11.6 Å². The molecule has 0 aliphatic rings. The molecule has 0 spiro atoms. The van der Waals surface area contributed by atoms with Crippen molar-refractivity contribution >= 4 is 11.8 Å². The summed E-state index contributed by atoms with van der Waals surface area (Å²) in [5.41, 5.74) is -0.268. The molecule has 1 unspecified atom stereocenters. The highest BCUT2D eigenvalue weighted by Gasteiger charge is 2.25. The van der Waals surface area contributed by atoms with Gasteiger partial charge >= 0.3 is 0 Å². The van der Waals surface area contributed by atoms with E-state index in [4.69, 9.17) is 4.42 Å². The van der Waals surface area contributed by atoms with Crippen LogP contribution in [-0.2, 0) is 4.79 Å².